The van der Waals surface area contributed by atoms with Gasteiger partial charge in [-0.1, -0.05) is 61.4 Å². The minimum Gasteiger partial charge on any atom is -0.0845 e. The topological polar surface area (TPSA) is 0 Å². The maximum atomic E-state index is 2.12. The average Bonchev–Trinajstić information content (AvgIpc) is 2.35. The smallest absolute Gasteiger partial charge is 0.0399 e. The van der Waals surface area contributed by atoms with E-state index in [0.29, 0.717) is 0 Å². The van der Waals surface area contributed by atoms with Crippen molar-refractivity contribution in [1.82, 2.24) is 0 Å². The molecule has 0 N–H and O–H groups in total. The van der Waals surface area contributed by atoms with Gasteiger partial charge < -0.3 is 0 Å². The predicted molar refractivity (Wildman–Crippen MR) is 91.2 cm³/mol. The first-order valence-corrected chi connectivity index (χ1v) is 5.96. The molecule has 0 aromatic heterocycles. The van der Waals surface area contributed by atoms with Gasteiger partial charge >= 0.3 is 0 Å². The summed E-state index contributed by atoms with van der Waals surface area (Å²) in [5.74, 6) is 0. The highest BCUT2D eigenvalue weighted by atomic mass is 13.9. The van der Waals surface area contributed by atoms with Crippen LogP contribution in [0.3, 0.4) is 0 Å². The van der Waals surface area contributed by atoms with E-state index in [1.807, 2.05) is 0 Å². The lowest BCUT2D eigenvalue weighted by atomic mass is 10.1. The van der Waals surface area contributed by atoms with Crippen molar-refractivity contribution >= 4 is 0 Å². The van der Waals surface area contributed by atoms with Crippen molar-refractivity contribution in [2.75, 3.05) is 0 Å². The molecule has 0 saturated carbocycles. The van der Waals surface area contributed by atoms with Crippen LogP contribution in [0.5, 0.6) is 0 Å². The molecule has 0 unspecified atom stereocenters. The summed E-state index contributed by atoms with van der Waals surface area (Å²) >= 11 is 0. The van der Waals surface area contributed by atoms with E-state index in [4.69, 9.17) is 0 Å². The molecule has 0 heteroatoms. The second kappa shape index (κ2) is 16.0. The molecule has 0 fully saturated rings. The van der Waals surface area contributed by atoms with Gasteiger partial charge in [-0.25, -0.2) is 0 Å². The first-order chi connectivity index (χ1) is 7.44. The van der Waals surface area contributed by atoms with Crippen LogP contribution in [0.2, 0.25) is 0 Å². The first-order valence-electron chi connectivity index (χ1n) is 5.96. The van der Waals surface area contributed by atoms with Gasteiger partial charge in [0.05, 0.1) is 0 Å². The van der Waals surface area contributed by atoms with E-state index in [9.17, 15) is 0 Å². The van der Waals surface area contributed by atoms with E-state index < -0.39 is 0 Å². The summed E-state index contributed by atoms with van der Waals surface area (Å²) in [6.45, 7) is 16.7. The Morgan fingerprint density at radius 3 is 0.611 bits per heavy atom. The third kappa shape index (κ3) is 13.0. The quantitative estimate of drug-likeness (QED) is 0.459. The van der Waals surface area contributed by atoms with Crippen LogP contribution in [0.1, 0.15) is 70.2 Å². The second-order valence-electron chi connectivity index (χ2n) is 3.89. The van der Waals surface area contributed by atoms with Gasteiger partial charge in [0.1, 0.15) is 0 Å². The van der Waals surface area contributed by atoms with E-state index in [1.165, 1.54) is 22.3 Å². The highest BCUT2D eigenvalue weighted by molar-refractivity contribution is 5.25. The molecule has 0 aromatic carbocycles. The third-order valence-corrected chi connectivity index (χ3v) is 2.98. The maximum absolute atomic E-state index is 2.12. The summed E-state index contributed by atoms with van der Waals surface area (Å²) in [7, 11) is 0. The minimum absolute atomic E-state index is 0. The van der Waals surface area contributed by atoms with Gasteiger partial charge in [0.2, 0.25) is 0 Å². The fourth-order valence-corrected chi connectivity index (χ4v) is 0.911. The van der Waals surface area contributed by atoms with Crippen LogP contribution in [0.25, 0.3) is 0 Å². The summed E-state index contributed by atoms with van der Waals surface area (Å²) in [6.07, 6.45) is 8.48. The summed E-state index contributed by atoms with van der Waals surface area (Å²) in [4.78, 5) is 0. The van der Waals surface area contributed by atoms with Gasteiger partial charge in [0.15, 0.2) is 0 Å². The third-order valence-electron chi connectivity index (χ3n) is 2.98. The highest BCUT2D eigenvalue weighted by Crippen LogP contribution is 2.06. The Labute approximate surface area is 117 Å². The van der Waals surface area contributed by atoms with Gasteiger partial charge in [-0.3, -0.25) is 0 Å². The molecule has 0 atom stereocenters. The number of hydrogen-bond acceptors (Lipinski definition) is 0. The van der Waals surface area contributed by atoms with Crippen LogP contribution in [-0.2, 0) is 0 Å². The molecule has 0 rings (SSSR count). The lowest BCUT2D eigenvalue weighted by Gasteiger charge is -1.95. The SMILES string of the molecule is C.C.C/C=C(C)/C(C)=C/C.C/C=C(C)/C(C)=C/C. The van der Waals surface area contributed by atoms with Crippen LogP contribution >= 0.6 is 0 Å². The number of hydrogen-bond donors (Lipinski definition) is 0. The Bertz CT molecular complexity index is 232. The summed E-state index contributed by atoms with van der Waals surface area (Å²) in [5.41, 5.74) is 5.47. The predicted octanol–water partition coefficient (Wildman–Crippen LogP) is 7.11. The molecule has 0 nitrogen and oxygen atoms in total. The normalized spacial score (nSPS) is 12.9. The lowest BCUT2D eigenvalue weighted by Crippen LogP contribution is -1.74. The van der Waals surface area contributed by atoms with Crippen molar-refractivity contribution in [3.05, 3.63) is 46.6 Å². The van der Waals surface area contributed by atoms with Crippen LogP contribution < -0.4 is 0 Å². The number of rotatable bonds is 2. The molecule has 0 saturated heterocycles. The molecule has 108 valence electrons. The van der Waals surface area contributed by atoms with Crippen molar-refractivity contribution in [2.45, 2.75) is 70.2 Å². The van der Waals surface area contributed by atoms with E-state index >= 15 is 0 Å². The lowest BCUT2D eigenvalue weighted by molar-refractivity contribution is 1.31. The Morgan fingerprint density at radius 2 is 0.556 bits per heavy atom. The Balaban J connectivity index is -0.0000000980. The van der Waals surface area contributed by atoms with Crippen molar-refractivity contribution in [1.29, 1.82) is 0 Å². The molecule has 18 heavy (non-hydrogen) atoms. The number of allylic oxidation sites excluding steroid dienone is 8. The van der Waals surface area contributed by atoms with Crippen LogP contribution in [0, 0.1) is 0 Å². The maximum Gasteiger partial charge on any atom is -0.0399 e. The highest BCUT2D eigenvalue weighted by Gasteiger charge is 1.85. The standard InChI is InChI=1S/2C8H14.2CH4/c2*1-5-7(3)8(4)6-2;;/h2*5-6H,1-4H3;2*1H4/b2*7-5+,8-6+;;. The van der Waals surface area contributed by atoms with Crippen LogP contribution in [0.4, 0.5) is 0 Å². The summed E-state index contributed by atoms with van der Waals surface area (Å²) in [5, 5.41) is 0. The largest absolute Gasteiger partial charge is 0.0845 e. The summed E-state index contributed by atoms with van der Waals surface area (Å²) in [6, 6.07) is 0. The monoisotopic (exact) mass is 252 g/mol. The molecule has 0 aliphatic heterocycles. The van der Waals surface area contributed by atoms with E-state index in [0.717, 1.165) is 0 Å². The molecular weight excluding hydrogens is 216 g/mol. The Hall–Kier alpha value is -1.04. The Kier molecular flexibility index (Phi) is 22.8. The molecule has 0 heterocycles. The van der Waals surface area contributed by atoms with Crippen LogP contribution in [-0.4, -0.2) is 0 Å². The fourth-order valence-electron chi connectivity index (χ4n) is 0.911. The van der Waals surface area contributed by atoms with Gasteiger partial charge in [-0.05, 0) is 55.4 Å². The van der Waals surface area contributed by atoms with Crippen molar-refractivity contribution in [3.63, 3.8) is 0 Å². The van der Waals surface area contributed by atoms with Gasteiger partial charge in [-0.2, -0.15) is 0 Å². The fraction of sp³-hybridized carbons (Fsp3) is 0.556. The van der Waals surface area contributed by atoms with E-state index in [-0.39, 0.29) is 14.9 Å². The van der Waals surface area contributed by atoms with E-state index in [1.54, 1.807) is 0 Å². The zero-order chi connectivity index (χ0) is 13.1. The molecular formula is C18H36. The average molecular weight is 252 g/mol. The molecule has 0 amide bonds. The Morgan fingerprint density at radius 1 is 0.444 bits per heavy atom. The van der Waals surface area contributed by atoms with E-state index in [2.05, 4.69) is 79.7 Å². The van der Waals surface area contributed by atoms with Gasteiger partial charge in [0, 0.05) is 0 Å². The molecule has 0 aromatic rings. The zero-order valence-corrected chi connectivity index (χ0v) is 12.3. The molecule has 0 aliphatic rings. The van der Waals surface area contributed by atoms with Gasteiger partial charge in [0.25, 0.3) is 0 Å². The second-order valence-corrected chi connectivity index (χ2v) is 3.89. The zero-order valence-electron chi connectivity index (χ0n) is 12.3. The molecule has 0 aliphatic carbocycles. The van der Waals surface area contributed by atoms with Crippen molar-refractivity contribution in [3.8, 4) is 0 Å². The minimum atomic E-state index is 0. The molecule has 0 spiro atoms. The summed E-state index contributed by atoms with van der Waals surface area (Å²) < 4.78 is 0. The first kappa shape index (κ1) is 25.7. The molecule has 0 radical (unpaired) electrons. The van der Waals surface area contributed by atoms with Crippen LogP contribution in [0.15, 0.2) is 46.6 Å². The van der Waals surface area contributed by atoms with Crippen molar-refractivity contribution < 1.29 is 0 Å². The van der Waals surface area contributed by atoms with Gasteiger partial charge in [-0.15, -0.1) is 0 Å². The van der Waals surface area contributed by atoms with Crippen molar-refractivity contribution in [2.24, 2.45) is 0 Å². The molecule has 0 bridgehead atoms.